The van der Waals surface area contributed by atoms with Crippen molar-refractivity contribution in [3.05, 3.63) is 35.1 Å². The SMILES string of the molecule is CSCc1cc(F)ccc1CN=C(N)N1CCOCC1. The highest BCUT2D eigenvalue weighted by atomic mass is 32.2. The molecule has 0 atom stereocenters. The number of hydrogen-bond acceptors (Lipinski definition) is 3. The predicted octanol–water partition coefficient (Wildman–Crippen LogP) is 1.84. The molecule has 20 heavy (non-hydrogen) atoms. The summed E-state index contributed by atoms with van der Waals surface area (Å²) in [4.78, 5) is 6.44. The van der Waals surface area contributed by atoms with Gasteiger partial charge in [0.25, 0.3) is 0 Å². The Labute approximate surface area is 123 Å². The molecule has 1 fully saturated rings. The Kier molecular flexibility index (Phi) is 5.67. The highest BCUT2D eigenvalue weighted by molar-refractivity contribution is 7.97. The summed E-state index contributed by atoms with van der Waals surface area (Å²) in [5, 5.41) is 0. The molecule has 0 unspecified atom stereocenters. The minimum atomic E-state index is -0.206. The molecule has 0 amide bonds. The molecule has 2 rings (SSSR count). The average molecular weight is 297 g/mol. The molecule has 1 aliphatic heterocycles. The van der Waals surface area contributed by atoms with Crippen molar-refractivity contribution in [2.45, 2.75) is 12.3 Å². The van der Waals surface area contributed by atoms with Crippen molar-refractivity contribution in [2.75, 3.05) is 32.6 Å². The van der Waals surface area contributed by atoms with Crippen LogP contribution in [0.3, 0.4) is 0 Å². The molecule has 6 heteroatoms. The second kappa shape index (κ2) is 7.50. The Bertz CT molecular complexity index is 475. The molecule has 1 saturated heterocycles. The van der Waals surface area contributed by atoms with E-state index in [4.69, 9.17) is 10.5 Å². The van der Waals surface area contributed by atoms with Gasteiger partial charge in [0.2, 0.25) is 0 Å². The van der Waals surface area contributed by atoms with Gasteiger partial charge in [-0.15, -0.1) is 0 Å². The highest BCUT2D eigenvalue weighted by Gasteiger charge is 2.12. The van der Waals surface area contributed by atoms with E-state index >= 15 is 0 Å². The van der Waals surface area contributed by atoms with Crippen LogP contribution in [-0.2, 0) is 17.0 Å². The number of nitrogens with two attached hydrogens (primary N) is 1. The minimum Gasteiger partial charge on any atom is -0.378 e. The van der Waals surface area contributed by atoms with Crippen molar-refractivity contribution in [2.24, 2.45) is 10.7 Å². The summed E-state index contributed by atoms with van der Waals surface area (Å²) in [7, 11) is 0. The van der Waals surface area contributed by atoms with E-state index in [1.807, 2.05) is 11.2 Å². The second-order valence-electron chi connectivity index (χ2n) is 4.62. The van der Waals surface area contributed by atoms with Gasteiger partial charge in [0.1, 0.15) is 5.82 Å². The van der Waals surface area contributed by atoms with Crippen molar-refractivity contribution in [3.63, 3.8) is 0 Å². The van der Waals surface area contributed by atoms with Gasteiger partial charge in [-0.1, -0.05) is 6.07 Å². The Morgan fingerprint density at radius 3 is 2.85 bits per heavy atom. The normalized spacial score (nSPS) is 16.5. The lowest BCUT2D eigenvalue weighted by atomic mass is 10.1. The summed E-state index contributed by atoms with van der Waals surface area (Å²) in [6.45, 7) is 3.40. The van der Waals surface area contributed by atoms with Crippen LogP contribution in [0.1, 0.15) is 11.1 Å². The Balaban J connectivity index is 2.05. The first kappa shape index (κ1) is 15.1. The van der Waals surface area contributed by atoms with Crippen LogP contribution >= 0.6 is 11.8 Å². The van der Waals surface area contributed by atoms with Gasteiger partial charge in [0, 0.05) is 18.8 Å². The monoisotopic (exact) mass is 297 g/mol. The molecule has 0 aromatic heterocycles. The molecule has 0 aliphatic carbocycles. The summed E-state index contributed by atoms with van der Waals surface area (Å²) >= 11 is 1.67. The van der Waals surface area contributed by atoms with E-state index in [1.54, 1.807) is 23.9 Å². The molecule has 0 radical (unpaired) electrons. The Morgan fingerprint density at radius 2 is 2.15 bits per heavy atom. The average Bonchev–Trinajstić information content (AvgIpc) is 2.47. The minimum absolute atomic E-state index is 0.206. The highest BCUT2D eigenvalue weighted by Crippen LogP contribution is 2.17. The van der Waals surface area contributed by atoms with Crippen molar-refractivity contribution in [3.8, 4) is 0 Å². The second-order valence-corrected chi connectivity index (χ2v) is 5.49. The Morgan fingerprint density at radius 1 is 1.40 bits per heavy atom. The van der Waals surface area contributed by atoms with E-state index in [2.05, 4.69) is 4.99 Å². The predicted molar refractivity (Wildman–Crippen MR) is 81.3 cm³/mol. The standard InChI is InChI=1S/C14H20FN3OS/c1-20-10-12-8-13(15)3-2-11(12)9-17-14(16)18-4-6-19-7-5-18/h2-3,8H,4-7,9-10H2,1H3,(H2,16,17). The van der Waals surface area contributed by atoms with Gasteiger partial charge >= 0.3 is 0 Å². The van der Waals surface area contributed by atoms with Crippen LogP contribution in [0.5, 0.6) is 0 Å². The smallest absolute Gasteiger partial charge is 0.191 e. The Hall–Kier alpha value is -1.27. The van der Waals surface area contributed by atoms with Gasteiger partial charge in [0.15, 0.2) is 5.96 Å². The van der Waals surface area contributed by atoms with Crippen molar-refractivity contribution in [1.82, 2.24) is 4.90 Å². The van der Waals surface area contributed by atoms with Crippen LogP contribution in [0.2, 0.25) is 0 Å². The van der Waals surface area contributed by atoms with Gasteiger partial charge in [-0.3, -0.25) is 0 Å². The lowest BCUT2D eigenvalue weighted by molar-refractivity contribution is 0.0674. The molecule has 1 heterocycles. The van der Waals surface area contributed by atoms with Crippen LogP contribution in [0.4, 0.5) is 4.39 Å². The number of benzene rings is 1. The fraction of sp³-hybridized carbons (Fsp3) is 0.500. The van der Waals surface area contributed by atoms with Crippen molar-refractivity contribution >= 4 is 17.7 Å². The maximum absolute atomic E-state index is 13.3. The number of hydrogen-bond donors (Lipinski definition) is 1. The fourth-order valence-electron chi connectivity index (χ4n) is 2.10. The van der Waals surface area contributed by atoms with E-state index in [1.165, 1.54) is 6.07 Å². The number of halogens is 1. The van der Waals surface area contributed by atoms with E-state index in [0.29, 0.717) is 25.7 Å². The third kappa shape index (κ3) is 4.11. The zero-order valence-electron chi connectivity index (χ0n) is 11.6. The fourth-order valence-corrected chi connectivity index (χ4v) is 2.68. The number of ether oxygens (including phenoxy) is 1. The number of morpholine rings is 1. The molecule has 0 saturated carbocycles. The van der Waals surface area contributed by atoms with Crippen molar-refractivity contribution < 1.29 is 9.13 Å². The first-order chi connectivity index (χ1) is 9.70. The maximum Gasteiger partial charge on any atom is 0.191 e. The van der Waals surface area contributed by atoms with E-state index < -0.39 is 0 Å². The molecule has 110 valence electrons. The zero-order chi connectivity index (χ0) is 14.4. The lowest BCUT2D eigenvalue weighted by Gasteiger charge is -2.27. The number of guanidine groups is 1. The van der Waals surface area contributed by atoms with E-state index in [0.717, 1.165) is 30.0 Å². The number of thioether (sulfide) groups is 1. The zero-order valence-corrected chi connectivity index (χ0v) is 12.5. The molecule has 1 aromatic carbocycles. The van der Waals surface area contributed by atoms with Crippen LogP contribution in [0.25, 0.3) is 0 Å². The van der Waals surface area contributed by atoms with Crippen LogP contribution in [-0.4, -0.2) is 43.4 Å². The number of nitrogens with zero attached hydrogens (tertiary/aromatic N) is 2. The van der Waals surface area contributed by atoms with Crippen LogP contribution in [0, 0.1) is 5.82 Å². The van der Waals surface area contributed by atoms with Gasteiger partial charge in [-0.25, -0.2) is 9.38 Å². The maximum atomic E-state index is 13.3. The molecule has 1 aromatic rings. The van der Waals surface area contributed by atoms with Gasteiger partial charge in [-0.2, -0.15) is 11.8 Å². The van der Waals surface area contributed by atoms with Gasteiger partial charge < -0.3 is 15.4 Å². The molecular weight excluding hydrogens is 277 g/mol. The quantitative estimate of drug-likeness (QED) is 0.680. The third-order valence-electron chi connectivity index (χ3n) is 3.21. The molecule has 0 spiro atoms. The van der Waals surface area contributed by atoms with Crippen LogP contribution < -0.4 is 5.73 Å². The lowest BCUT2D eigenvalue weighted by Crippen LogP contribution is -2.44. The van der Waals surface area contributed by atoms with E-state index in [9.17, 15) is 4.39 Å². The molecule has 2 N–H and O–H groups in total. The summed E-state index contributed by atoms with van der Waals surface area (Å²) in [6.07, 6.45) is 2.00. The summed E-state index contributed by atoms with van der Waals surface area (Å²) < 4.78 is 18.5. The van der Waals surface area contributed by atoms with Crippen molar-refractivity contribution in [1.29, 1.82) is 0 Å². The van der Waals surface area contributed by atoms with Gasteiger partial charge in [0.05, 0.1) is 19.8 Å². The molecule has 1 aliphatic rings. The van der Waals surface area contributed by atoms with Gasteiger partial charge in [-0.05, 0) is 29.5 Å². The molecular formula is C14H20FN3OS. The third-order valence-corrected chi connectivity index (χ3v) is 3.81. The largest absolute Gasteiger partial charge is 0.378 e. The molecule has 4 nitrogen and oxygen atoms in total. The number of aliphatic imine (C=N–C) groups is 1. The summed E-state index contributed by atoms with van der Waals surface area (Å²) in [5.74, 6) is 1.11. The topological polar surface area (TPSA) is 50.8 Å². The van der Waals surface area contributed by atoms with E-state index in [-0.39, 0.29) is 5.82 Å². The first-order valence-corrected chi connectivity index (χ1v) is 7.99. The number of rotatable bonds is 4. The molecule has 0 bridgehead atoms. The summed E-state index contributed by atoms with van der Waals surface area (Å²) in [6, 6.07) is 4.84. The first-order valence-electron chi connectivity index (χ1n) is 6.59. The van der Waals surface area contributed by atoms with Crippen LogP contribution in [0.15, 0.2) is 23.2 Å². The summed E-state index contributed by atoms with van der Waals surface area (Å²) in [5.41, 5.74) is 8.00.